The van der Waals surface area contributed by atoms with Gasteiger partial charge in [0.25, 0.3) is 0 Å². The van der Waals surface area contributed by atoms with Gasteiger partial charge in [0.05, 0.1) is 33.6 Å². The van der Waals surface area contributed by atoms with Gasteiger partial charge in [-0.2, -0.15) is 0 Å². The van der Waals surface area contributed by atoms with Gasteiger partial charge in [-0.15, -0.1) is 0 Å². The summed E-state index contributed by atoms with van der Waals surface area (Å²) in [6, 6.07) is 34.7. The third-order valence-electron chi connectivity index (χ3n) is 7.45. The predicted octanol–water partition coefficient (Wildman–Crippen LogP) is 7.80. The van der Waals surface area contributed by atoms with E-state index in [0.29, 0.717) is 0 Å². The molecule has 4 nitrogen and oxygen atoms in total. The minimum absolute atomic E-state index is 0.171. The molecule has 3 aromatic heterocycles. The Bertz CT molecular complexity index is 1990. The summed E-state index contributed by atoms with van der Waals surface area (Å²) in [5, 5.41) is 1.33. The maximum Gasteiger partial charge on any atom is 0.216 e. The number of halogens is 1. The molecule has 0 amide bonds. The van der Waals surface area contributed by atoms with Gasteiger partial charge < -0.3 is 9.13 Å². The van der Waals surface area contributed by atoms with Crippen LogP contribution in [0.5, 0.6) is 0 Å². The highest BCUT2D eigenvalue weighted by atomic mass is 127. The zero-order valence-electron chi connectivity index (χ0n) is 19.3. The molecule has 1 atom stereocenters. The molecule has 7 aromatic rings. The van der Waals surface area contributed by atoms with Crippen LogP contribution in [-0.4, -0.2) is 18.5 Å². The number of imidazole rings is 2. The van der Waals surface area contributed by atoms with Crippen molar-refractivity contribution in [3.63, 3.8) is 0 Å². The topological polar surface area (TPSA) is 27.2 Å². The highest BCUT2D eigenvalue weighted by Crippen LogP contribution is 2.39. The van der Waals surface area contributed by atoms with Crippen molar-refractivity contribution in [3.8, 4) is 5.69 Å². The Morgan fingerprint density at radius 2 is 1.50 bits per heavy atom. The maximum atomic E-state index is 5.10. The lowest BCUT2D eigenvalue weighted by atomic mass is 9.96. The quantitative estimate of drug-likeness (QED) is 0.193. The minimum atomic E-state index is 0.171. The molecule has 0 aliphatic heterocycles. The van der Waals surface area contributed by atoms with Crippen molar-refractivity contribution in [2.75, 3.05) is 0 Å². The molecule has 8 rings (SSSR count). The van der Waals surface area contributed by atoms with Crippen molar-refractivity contribution in [1.82, 2.24) is 18.5 Å². The summed E-state index contributed by atoms with van der Waals surface area (Å²) in [6.45, 7) is 0. The van der Waals surface area contributed by atoms with Gasteiger partial charge in [0.15, 0.2) is 0 Å². The average Bonchev–Trinajstić information content (AvgIpc) is 3.55. The summed E-state index contributed by atoms with van der Waals surface area (Å²) in [7, 11) is 0. The van der Waals surface area contributed by atoms with Crippen molar-refractivity contribution >= 4 is 67.4 Å². The Morgan fingerprint density at radius 3 is 2.36 bits per heavy atom. The number of benzene rings is 4. The molecular formula is C31H21IN4. The highest BCUT2D eigenvalue weighted by molar-refractivity contribution is 14.1. The van der Waals surface area contributed by atoms with Gasteiger partial charge in [0, 0.05) is 20.3 Å². The average molecular weight is 576 g/mol. The zero-order valence-corrected chi connectivity index (χ0v) is 21.5. The Hall–Kier alpha value is -3.84. The standard InChI is InChI=1S/C31H21IN4/c32-20-14-16-26-23(18-20)24-19-22(15-17-27(24)34(26)21-8-2-1-3-9-21)35-29-12-6-7-13-30(29)36-28-11-5-4-10-25(28)33-31(35)36/h1-18,22H,19H2/t22-/m1/s1. The van der Waals surface area contributed by atoms with Crippen LogP contribution >= 0.6 is 22.6 Å². The van der Waals surface area contributed by atoms with E-state index >= 15 is 0 Å². The molecule has 4 aromatic carbocycles. The van der Waals surface area contributed by atoms with E-state index in [-0.39, 0.29) is 6.04 Å². The number of rotatable bonds is 2. The first-order valence-electron chi connectivity index (χ1n) is 12.2. The van der Waals surface area contributed by atoms with Crippen LogP contribution in [0.4, 0.5) is 0 Å². The van der Waals surface area contributed by atoms with Crippen LogP contribution in [0.25, 0.3) is 50.5 Å². The summed E-state index contributed by atoms with van der Waals surface area (Å²) in [6.07, 6.45) is 5.59. The molecular weight excluding hydrogens is 555 g/mol. The minimum Gasteiger partial charge on any atom is -0.310 e. The first-order chi connectivity index (χ1) is 17.8. The first kappa shape index (κ1) is 20.4. The molecule has 0 N–H and O–H groups in total. The van der Waals surface area contributed by atoms with Crippen LogP contribution < -0.4 is 0 Å². The molecule has 5 heteroatoms. The normalized spacial score (nSPS) is 15.4. The summed E-state index contributed by atoms with van der Waals surface area (Å²) in [4.78, 5) is 5.10. The number of allylic oxidation sites excluding steroid dienone is 1. The lowest BCUT2D eigenvalue weighted by Crippen LogP contribution is -2.14. The lowest BCUT2D eigenvalue weighted by molar-refractivity contribution is 0.628. The van der Waals surface area contributed by atoms with E-state index in [1.807, 2.05) is 0 Å². The zero-order chi connectivity index (χ0) is 23.8. The van der Waals surface area contributed by atoms with E-state index in [0.717, 1.165) is 23.2 Å². The van der Waals surface area contributed by atoms with Crippen LogP contribution in [0, 0.1) is 3.57 Å². The summed E-state index contributed by atoms with van der Waals surface area (Å²) >= 11 is 2.43. The summed E-state index contributed by atoms with van der Waals surface area (Å²) in [5.41, 5.74) is 9.71. The number of nitrogens with zero attached hydrogens (tertiary/aromatic N) is 4. The fourth-order valence-corrected chi connectivity index (χ4v) is 6.44. The molecule has 0 saturated carbocycles. The molecule has 1 aliphatic rings. The maximum absolute atomic E-state index is 5.10. The van der Waals surface area contributed by atoms with Gasteiger partial charge in [-0.3, -0.25) is 4.40 Å². The molecule has 0 spiro atoms. The molecule has 36 heavy (non-hydrogen) atoms. The van der Waals surface area contributed by atoms with E-state index in [2.05, 4.69) is 145 Å². The predicted molar refractivity (Wildman–Crippen MR) is 156 cm³/mol. The second-order valence-corrected chi connectivity index (χ2v) is 10.7. The Labute approximate surface area is 221 Å². The third-order valence-corrected chi connectivity index (χ3v) is 8.12. The lowest BCUT2D eigenvalue weighted by Gasteiger charge is -2.21. The van der Waals surface area contributed by atoms with Gasteiger partial charge in [0.1, 0.15) is 0 Å². The number of fused-ring (bicyclic) bond motifs is 8. The van der Waals surface area contributed by atoms with Crippen LogP contribution in [0.1, 0.15) is 17.3 Å². The van der Waals surface area contributed by atoms with Gasteiger partial charge in [-0.05, 0) is 95.2 Å². The van der Waals surface area contributed by atoms with E-state index in [4.69, 9.17) is 4.98 Å². The summed E-state index contributed by atoms with van der Waals surface area (Å²) < 4.78 is 8.40. The van der Waals surface area contributed by atoms with Crippen molar-refractivity contribution in [1.29, 1.82) is 0 Å². The second-order valence-electron chi connectivity index (χ2n) is 9.42. The van der Waals surface area contributed by atoms with Crippen molar-refractivity contribution in [3.05, 3.63) is 118 Å². The van der Waals surface area contributed by atoms with Crippen molar-refractivity contribution in [2.24, 2.45) is 0 Å². The molecule has 0 bridgehead atoms. The molecule has 172 valence electrons. The molecule has 0 unspecified atom stereocenters. The summed E-state index contributed by atoms with van der Waals surface area (Å²) in [5.74, 6) is 0.997. The Kier molecular flexibility index (Phi) is 4.29. The second kappa shape index (κ2) is 7.58. The number of aromatic nitrogens is 4. The molecule has 0 radical (unpaired) electrons. The van der Waals surface area contributed by atoms with E-state index < -0.39 is 0 Å². The molecule has 1 aliphatic carbocycles. The molecule has 0 fully saturated rings. The van der Waals surface area contributed by atoms with Crippen molar-refractivity contribution < 1.29 is 0 Å². The van der Waals surface area contributed by atoms with Crippen LogP contribution in [-0.2, 0) is 6.42 Å². The van der Waals surface area contributed by atoms with Crippen LogP contribution in [0.3, 0.4) is 0 Å². The first-order valence-corrected chi connectivity index (χ1v) is 13.3. The van der Waals surface area contributed by atoms with Crippen LogP contribution in [0.15, 0.2) is 103 Å². The van der Waals surface area contributed by atoms with Gasteiger partial charge in [-0.1, -0.05) is 48.5 Å². The van der Waals surface area contributed by atoms with E-state index in [1.54, 1.807) is 0 Å². The Balaban J connectivity index is 1.39. The van der Waals surface area contributed by atoms with Crippen LogP contribution in [0.2, 0.25) is 0 Å². The number of hydrogen-bond donors (Lipinski definition) is 0. The largest absolute Gasteiger partial charge is 0.310 e. The third kappa shape index (κ3) is 2.77. The van der Waals surface area contributed by atoms with E-state index in [9.17, 15) is 0 Å². The van der Waals surface area contributed by atoms with Gasteiger partial charge in [0.2, 0.25) is 5.78 Å². The van der Waals surface area contributed by atoms with Crippen molar-refractivity contribution in [2.45, 2.75) is 12.5 Å². The SMILES string of the molecule is Ic1ccc2c(c1)c1c(n2-c2ccccc2)C=C[C@@H](n2c3ccccc3n3c4ccccc4nc23)C1. The Morgan fingerprint density at radius 1 is 0.750 bits per heavy atom. The van der Waals surface area contributed by atoms with E-state index in [1.165, 1.54) is 42.5 Å². The molecule has 3 heterocycles. The van der Waals surface area contributed by atoms with Gasteiger partial charge in [-0.25, -0.2) is 4.98 Å². The highest BCUT2D eigenvalue weighted by Gasteiger charge is 2.27. The smallest absolute Gasteiger partial charge is 0.216 e. The fourth-order valence-electron chi connectivity index (χ4n) is 5.95. The fraction of sp³-hybridized carbons (Fsp3) is 0.0645. The van der Waals surface area contributed by atoms with Gasteiger partial charge >= 0.3 is 0 Å². The number of para-hydroxylation sites is 5. The monoisotopic (exact) mass is 576 g/mol. The molecule has 0 saturated heterocycles. The number of hydrogen-bond acceptors (Lipinski definition) is 1.